The summed E-state index contributed by atoms with van der Waals surface area (Å²) in [4.78, 5) is 0.0940. The first kappa shape index (κ1) is 14.1. The summed E-state index contributed by atoms with van der Waals surface area (Å²) in [7, 11) is -3.72. The summed E-state index contributed by atoms with van der Waals surface area (Å²) in [5, 5.41) is 11.1. The minimum absolute atomic E-state index is 0.0940. The van der Waals surface area contributed by atoms with Gasteiger partial charge in [-0.2, -0.15) is 0 Å². The van der Waals surface area contributed by atoms with Crippen molar-refractivity contribution in [3.8, 4) is 0 Å². The van der Waals surface area contributed by atoms with E-state index in [-0.39, 0.29) is 4.90 Å². The lowest BCUT2D eigenvalue weighted by Gasteiger charge is -2.31. The van der Waals surface area contributed by atoms with Crippen LogP contribution >= 0.6 is 11.6 Å². The molecule has 22 heavy (non-hydrogen) atoms. The van der Waals surface area contributed by atoms with Crippen LogP contribution in [-0.2, 0) is 16.4 Å². The molecule has 2 aromatic carbocycles. The average molecular weight is 336 g/mol. The van der Waals surface area contributed by atoms with Crippen LogP contribution in [0.15, 0.2) is 41.3 Å². The van der Waals surface area contributed by atoms with Crippen LogP contribution in [0.1, 0.15) is 29.2 Å². The van der Waals surface area contributed by atoms with Crippen LogP contribution in [0.25, 0.3) is 0 Å². The van der Waals surface area contributed by atoms with Crippen molar-refractivity contribution in [1.29, 1.82) is 0 Å². The molecule has 2 heterocycles. The molecule has 4 rings (SSSR count). The molecule has 1 atom stereocenters. The molecule has 2 aliphatic rings. The number of para-hydroxylation sites is 1. The van der Waals surface area contributed by atoms with Gasteiger partial charge in [-0.15, -0.1) is 0 Å². The van der Waals surface area contributed by atoms with Gasteiger partial charge in [-0.1, -0.05) is 35.9 Å². The number of sulfonamides is 1. The first-order chi connectivity index (χ1) is 10.5. The van der Waals surface area contributed by atoms with Crippen molar-refractivity contribution in [3.05, 3.63) is 58.1 Å². The predicted octanol–water partition coefficient (Wildman–Crippen LogP) is 2.88. The van der Waals surface area contributed by atoms with Gasteiger partial charge in [-0.05, 0) is 30.5 Å². The van der Waals surface area contributed by atoms with E-state index in [1.54, 1.807) is 18.2 Å². The third-order valence-corrected chi connectivity index (χ3v) is 6.43. The van der Waals surface area contributed by atoms with Gasteiger partial charge in [0.1, 0.15) is 6.10 Å². The molecule has 0 fully saturated rings. The Hall–Kier alpha value is -1.56. The molecule has 4 nitrogen and oxygen atoms in total. The predicted molar refractivity (Wildman–Crippen MR) is 84.8 cm³/mol. The van der Waals surface area contributed by atoms with Gasteiger partial charge in [-0.25, -0.2) is 8.42 Å². The van der Waals surface area contributed by atoms with Gasteiger partial charge in [-0.3, -0.25) is 4.31 Å². The zero-order valence-corrected chi connectivity index (χ0v) is 13.2. The molecule has 0 bridgehead atoms. The monoisotopic (exact) mass is 335 g/mol. The van der Waals surface area contributed by atoms with Crippen molar-refractivity contribution < 1.29 is 13.5 Å². The van der Waals surface area contributed by atoms with Crippen molar-refractivity contribution in [1.82, 2.24) is 0 Å². The molecule has 0 aromatic heterocycles. The zero-order chi connectivity index (χ0) is 15.5. The fourth-order valence-electron chi connectivity index (χ4n) is 3.35. The highest BCUT2D eigenvalue weighted by Crippen LogP contribution is 2.44. The molecule has 114 valence electrons. The summed E-state index contributed by atoms with van der Waals surface area (Å²) >= 11 is 5.99. The molecule has 0 saturated heterocycles. The molecular weight excluding hydrogens is 322 g/mol. The third-order valence-electron chi connectivity index (χ3n) is 4.34. The molecule has 0 radical (unpaired) electrons. The Morgan fingerprint density at radius 1 is 1.18 bits per heavy atom. The van der Waals surface area contributed by atoms with E-state index in [2.05, 4.69) is 0 Å². The van der Waals surface area contributed by atoms with Crippen LogP contribution in [0.2, 0.25) is 5.02 Å². The molecule has 0 spiro atoms. The van der Waals surface area contributed by atoms with Crippen LogP contribution in [-0.4, -0.2) is 20.1 Å². The number of rotatable bonds is 0. The number of benzene rings is 2. The van der Waals surface area contributed by atoms with Gasteiger partial charge in [0.15, 0.2) is 0 Å². The van der Waals surface area contributed by atoms with E-state index < -0.39 is 16.1 Å². The second-order valence-electron chi connectivity index (χ2n) is 5.62. The molecule has 1 unspecified atom stereocenters. The quantitative estimate of drug-likeness (QED) is 0.805. The summed E-state index contributed by atoms with van der Waals surface area (Å²) in [5.74, 6) is 0. The first-order valence-electron chi connectivity index (χ1n) is 7.12. The average Bonchev–Trinajstić information content (AvgIpc) is 2.58. The normalized spacial score (nSPS) is 21.7. The Morgan fingerprint density at radius 3 is 2.82 bits per heavy atom. The van der Waals surface area contributed by atoms with Gasteiger partial charge in [0.05, 0.1) is 10.6 Å². The summed E-state index contributed by atoms with van der Waals surface area (Å²) in [5.41, 5.74) is 2.62. The topological polar surface area (TPSA) is 57.6 Å². The maximum atomic E-state index is 13.1. The number of nitrogens with zero attached hydrogens (tertiary/aromatic N) is 1. The summed E-state index contributed by atoms with van der Waals surface area (Å²) in [6.45, 7) is 0.422. The van der Waals surface area contributed by atoms with Crippen molar-refractivity contribution in [2.24, 2.45) is 0 Å². The second kappa shape index (κ2) is 4.72. The SMILES string of the molecule is O=S1(=O)c2cc(Cl)ccc2C(O)c2cccc3c2N1CCC3. The Bertz CT molecular complexity index is 879. The van der Waals surface area contributed by atoms with Crippen LogP contribution < -0.4 is 4.31 Å². The maximum Gasteiger partial charge on any atom is 0.264 e. The molecule has 2 aliphatic heterocycles. The van der Waals surface area contributed by atoms with E-state index in [0.29, 0.717) is 28.4 Å². The number of hydrogen-bond donors (Lipinski definition) is 1. The molecular formula is C16H14ClNO3S. The second-order valence-corrected chi connectivity index (χ2v) is 7.89. The number of fused-ring (bicyclic) bond motifs is 1. The maximum absolute atomic E-state index is 13.1. The van der Waals surface area contributed by atoms with Crippen molar-refractivity contribution in [3.63, 3.8) is 0 Å². The van der Waals surface area contributed by atoms with Crippen molar-refractivity contribution in [2.45, 2.75) is 23.8 Å². The van der Waals surface area contributed by atoms with Crippen LogP contribution in [0.5, 0.6) is 0 Å². The van der Waals surface area contributed by atoms with Gasteiger partial charge < -0.3 is 5.11 Å². The number of aryl methyl sites for hydroxylation is 1. The lowest BCUT2D eigenvalue weighted by atomic mass is 9.94. The molecule has 0 saturated carbocycles. The van der Waals surface area contributed by atoms with E-state index >= 15 is 0 Å². The fraction of sp³-hybridized carbons (Fsp3) is 0.250. The molecule has 2 aromatic rings. The Morgan fingerprint density at radius 2 is 2.00 bits per heavy atom. The lowest BCUT2D eigenvalue weighted by molar-refractivity contribution is 0.218. The highest BCUT2D eigenvalue weighted by atomic mass is 35.5. The molecule has 1 N–H and O–H groups in total. The number of aliphatic hydroxyl groups excluding tert-OH is 1. The number of aliphatic hydroxyl groups is 1. The third kappa shape index (κ3) is 1.82. The number of anilines is 1. The standard InChI is InChI=1S/C16H14ClNO3S/c17-11-6-7-12-14(9-11)22(20,21)18-8-2-4-10-3-1-5-13(15(10)18)16(12)19/h1,3,5-7,9,16,19H,2,4,8H2. The number of halogens is 1. The lowest BCUT2D eigenvalue weighted by Crippen LogP contribution is -2.35. The van der Waals surface area contributed by atoms with E-state index in [1.165, 1.54) is 10.4 Å². The van der Waals surface area contributed by atoms with Gasteiger partial charge in [0.25, 0.3) is 10.0 Å². The summed E-state index contributed by atoms with van der Waals surface area (Å²) in [6.07, 6.45) is 0.612. The van der Waals surface area contributed by atoms with E-state index in [0.717, 1.165) is 18.4 Å². The Kier molecular flexibility index (Phi) is 3.01. The smallest absolute Gasteiger partial charge is 0.264 e. The summed E-state index contributed by atoms with van der Waals surface area (Å²) < 4.78 is 27.5. The fourth-order valence-corrected chi connectivity index (χ4v) is 5.41. The minimum atomic E-state index is -3.72. The van der Waals surface area contributed by atoms with E-state index in [9.17, 15) is 13.5 Å². The number of hydrogen-bond acceptors (Lipinski definition) is 3. The van der Waals surface area contributed by atoms with Crippen LogP contribution in [0.4, 0.5) is 5.69 Å². The van der Waals surface area contributed by atoms with E-state index in [4.69, 9.17) is 11.6 Å². The van der Waals surface area contributed by atoms with Crippen molar-refractivity contribution in [2.75, 3.05) is 10.8 Å². The Labute approximate surface area is 134 Å². The molecule has 0 amide bonds. The molecule has 6 heteroatoms. The van der Waals surface area contributed by atoms with Gasteiger partial charge in [0, 0.05) is 22.7 Å². The van der Waals surface area contributed by atoms with Crippen molar-refractivity contribution >= 4 is 27.3 Å². The Balaban J connectivity index is 2.12. The highest BCUT2D eigenvalue weighted by molar-refractivity contribution is 7.93. The van der Waals surface area contributed by atoms with Gasteiger partial charge >= 0.3 is 0 Å². The van der Waals surface area contributed by atoms with Crippen LogP contribution in [0.3, 0.4) is 0 Å². The van der Waals surface area contributed by atoms with Crippen LogP contribution in [0, 0.1) is 0 Å². The minimum Gasteiger partial charge on any atom is -0.384 e. The van der Waals surface area contributed by atoms with E-state index in [1.807, 2.05) is 12.1 Å². The molecule has 0 aliphatic carbocycles. The largest absolute Gasteiger partial charge is 0.384 e. The zero-order valence-electron chi connectivity index (χ0n) is 11.7. The highest BCUT2D eigenvalue weighted by Gasteiger charge is 2.38. The first-order valence-corrected chi connectivity index (χ1v) is 8.94. The van der Waals surface area contributed by atoms with Gasteiger partial charge in [0.2, 0.25) is 0 Å². The summed E-state index contributed by atoms with van der Waals surface area (Å²) in [6, 6.07) is 10.2.